The second kappa shape index (κ2) is 59.1. The van der Waals surface area contributed by atoms with Crippen LogP contribution in [0, 0.1) is 0 Å². The molecular formula is C66H106O6. The molecule has 1 atom stereocenters. The molecule has 0 saturated heterocycles. The van der Waals surface area contributed by atoms with E-state index in [2.05, 4.69) is 154 Å². The zero-order valence-electron chi connectivity index (χ0n) is 46.4. The summed E-state index contributed by atoms with van der Waals surface area (Å²) in [4.78, 5) is 38.2. The normalized spacial score (nSPS) is 13.1. The van der Waals surface area contributed by atoms with Gasteiger partial charge in [0, 0.05) is 19.3 Å². The van der Waals surface area contributed by atoms with Crippen LogP contribution in [-0.2, 0) is 28.6 Å². The van der Waals surface area contributed by atoms with Crippen LogP contribution in [0.1, 0.15) is 245 Å². The van der Waals surface area contributed by atoms with Gasteiger partial charge >= 0.3 is 17.9 Å². The molecule has 0 amide bonds. The van der Waals surface area contributed by atoms with Crippen molar-refractivity contribution in [3.63, 3.8) is 0 Å². The van der Waals surface area contributed by atoms with Crippen molar-refractivity contribution in [1.82, 2.24) is 0 Å². The Bertz CT molecular complexity index is 1560. The molecule has 0 aromatic carbocycles. The van der Waals surface area contributed by atoms with Gasteiger partial charge in [-0.05, 0) is 135 Å². The van der Waals surface area contributed by atoms with E-state index < -0.39 is 6.10 Å². The summed E-state index contributed by atoms with van der Waals surface area (Å²) in [6.07, 6.45) is 83.0. The van der Waals surface area contributed by atoms with Crippen molar-refractivity contribution in [3.8, 4) is 0 Å². The molecule has 0 fully saturated rings. The fourth-order valence-corrected chi connectivity index (χ4v) is 7.55. The molecule has 1 unspecified atom stereocenters. The van der Waals surface area contributed by atoms with Crippen molar-refractivity contribution in [2.24, 2.45) is 0 Å². The molecule has 0 heterocycles. The fourth-order valence-electron chi connectivity index (χ4n) is 7.55. The maximum absolute atomic E-state index is 12.9. The van der Waals surface area contributed by atoms with Crippen molar-refractivity contribution < 1.29 is 28.6 Å². The predicted octanol–water partition coefficient (Wildman–Crippen LogP) is 19.8. The van der Waals surface area contributed by atoms with Crippen LogP contribution in [0.2, 0.25) is 0 Å². The summed E-state index contributed by atoms with van der Waals surface area (Å²) in [5.41, 5.74) is 0. The number of ether oxygens (including phenoxy) is 3. The minimum absolute atomic E-state index is 0.101. The van der Waals surface area contributed by atoms with Gasteiger partial charge in [-0.25, -0.2) is 0 Å². The zero-order valence-corrected chi connectivity index (χ0v) is 46.4. The first-order valence-electron chi connectivity index (χ1n) is 29.2. The molecule has 0 aliphatic heterocycles. The van der Waals surface area contributed by atoms with Crippen molar-refractivity contribution in [2.45, 2.75) is 252 Å². The standard InChI is InChI=1S/C66H106O6/c1-4-7-10-13-16-19-22-25-27-29-30-31-32-33-34-35-36-38-39-41-44-47-50-53-56-59-65(68)71-62-63(61-70-64(67)58-55-52-49-46-43-24-21-18-15-12-9-6-3)72-66(69)60-57-54-51-48-45-42-40-37-28-26-23-20-17-14-11-8-5-2/h7-8,10-11,16-21,25-28,30-31,33-34,36,38,41,44,63H,4-6,9,12-15,22-24,29,32,35,37,39-40,42-43,45-62H2,1-3H3/b10-7-,11-8-,19-16-,20-17-,21-18-,27-25-,28-26-,31-30-,34-33-,38-36-,44-41-. The third-order valence-corrected chi connectivity index (χ3v) is 11.9. The molecule has 0 spiro atoms. The third kappa shape index (κ3) is 56.5. The summed E-state index contributed by atoms with van der Waals surface area (Å²) in [7, 11) is 0. The van der Waals surface area contributed by atoms with Crippen molar-refractivity contribution >= 4 is 17.9 Å². The molecule has 6 nitrogen and oxygen atoms in total. The minimum Gasteiger partial charge on any atom is -0.462 e. The highest BCUT2D eigenvalue weighted by Gasteiger charge is 2.19. The first-order chi connectivity index (χ1) is 35.5. The van der Waals surface area contributed by atoms with Crippen molar-refractivity contribution in [1.29, 1.82) is 0 Å². The molecule has 0 aliphatic rings. The smallest absolute Gasteiger partial charge is 0.306 e. The second-order valence-corrected chi connectivity index (χ2v) is 18.8. The van der Waals surface area contributed by atoms with Crippen LogP contribution in [0.25, 0.3) is 0 Å². The first kappa shape index (κ1) is 67.5. The highest BCUT2D eigenvalue weighted by atomic mass is 16.6. The molecule has 6 heteroatoms. The topological polar surface area (TPSA) is 78.9 Å². The lowest BCUT2D eigenvalue weighted by Crippen LogP contribution is -2.30. The Kier molecular flexibility index (Phi) is 55.5. The van der Waals surface area contributed by atoms with Crippen LogP contribution in [0.4, 0.5) is 0 Å². The Morgan fingerprint density at radius 2 is 0.542 bits per heavy atom. The number of carbonyl (C=O) groups is 3. The van der Waals surface area contributed by atoms with Crippen LogP contribution < -0.4 is 0 Å². The van der Waals surface area contributed by atoms with Crippen LogP contribution in [-0.4, -0.2) is 37.2 Å². The number of carbonyl (C=O) groups excluding carboxylic acids is 3. The number of allylic oxidation sites excluding steroid dienone is 22. The van der Waals surface area contributed by atoms with Gasteiger partial charge in [0.25, 0.3) is 0 Å². The van der Waals surface area contributed by atoms with Crippen LogP contribution in [0.3, 0.4) is 0 Å². The molecule has 72 heavy (non-hydrogen) atoms. The SMILES string of the molecule is CC/C=C\C/C=C\C/C=C\C/C=C\C/C=C\C/C=C\C/C=C\CCCCCC(=O)OCC(COC(=O)CCCCCCC/C=C\CCCCC)OC(=O)CCCCCCCCC/C=C\C/C=C\C/C=C\CC. The highest BCUT2D eigenvalue weighted by molar-refractivity contribution is 5.71. The van der Waals surface area contributed by atoms with Gasteiger partial charge in [-0.2, -0.15) is 0 Å². The zero-order chi connectivity index (χ0) is 52.2. The maximum atomic E-state index is 12.9. The van der Waals surface area contributed by atoms with Gasteiger partial charge in [0.2, 0.25) is 0 Å². The molecule has 0 aromatic heterocycles. The van der Waals surface area contributed by atoms with E-state index in [1.54, 1.807) is 0 Å². The van der Waals surface area contributed by atoms with Crippen LogP contribution in [0.5, 0.6) is 0 Å². The van der Waals surface area contributed by atoms with Crippen molar-refractivity contribution in [3.05, 3.63) is 134 Å². The molecule has 0 N–H and O–H groups in total. The van der Waals surface area contributed by atoms with E-state index in [0.29, 0.717) is 19.3 Å². The van der Waals surface area contributed by atoms with E-state index in [1.807, 2.05) is 0 Å². The summed E-state index contributed by atoms with van der Waals surface area (Å²) in [6, 6.07) is 0. The lowest BCUT2D eigenvalue weighted by molar-refractivity contribution is -0.167. The van der Waals surface area contributed by atoms with E-state index in [4.69, 9.17) is 14.2 Å². The van der Waals surface area contributed by atoms with E-state index in [-0.39, 0.29) is 31.1 Å². The fraction of sp³-hybridized carbons (Fsp3) is 0.621. The molecule has 0 rings (SSSR count). The summed E-state index contributed by atoms with van der Waals surface area (Å²) in [6.45, 7) is 6.34. The van der Waals surface area contributed by atoms with E-state index in [0.717, 1.165) is 148 Å². The Hall–Kier alpha value is -4.45. The second-order valence-electron chi connectivity index (χ2n) is 18.8. The molecular weight excluding hydrogens is 889 g/mol. The Labute approximate surface area is 443 Å². The number of esters is 3. The van der Waals surface area contributed by atoms with Crippen LogP contribution >= 0.6 is 0 Å². The monoisotopic (exact) mass is 995 g/mol. The first-order valence-corrected chi connectivity index (χ1v) is 29.2. The Balaban J connectivity index is 4.44. The maximum Gasteiger partial charge on any atom is 0.306 e. The molecule has 0 aromatic rings. The predicted molar refractivity (Wildman–Crippen MR) is 311 cm³/mol. The number of hydrogen-bond acceptors (Lipinski definition) is 6. The summed E-state index contributed by atoms with van der Waals surface area (Å²) >= 11 is 0. The highest BCUT2D eigenvalue weighted by Crippen LogP contribution is 2.14. The van der Waals surface area contributed by atoms with Crippen molar-refractivity contribution in [2.75, 3.05) is 13.2 Å². The van der Waals surface area contributed by atoms with Crippen LogP contribution in [0.15, 0.2) is 134 Å². The molecule has 0 aliphatic carbocycles. The van der Waals surface area contributed by atoms with E-state index >= 15 is 0 Å². The van der Waals surface area contributed by atoms with Gasteiger partial charge < -0.3 is 14.2 Å². The Morgan fingerprint density at radius 1 is 0.292 bits per heavy atom. The number of rotatable bonds is 51. The van der Waals surface area contributed by atoms with E-state index in [9.17, 15) is 14.4 Å². The van der Waals surface area contributed by atoms with Gasteiger partial charge in [-0.15, -0.1) is 0 Å². The average Bonchev–Trinajstić information content (AvgIpc) is 3.38. The summed E-state index contributed by atoms with van der Waals surface area (Å²) < 4.78 is 16.8. The summed E-state index contributed by atoms with van der Waals surface area (Å²) in [5.74, 6) is -0.958. The van der Waals surface area contributed by atoms with E-state index in [1.165, 1.54) is 57.8 Å². The lowest BCUT2D eigenvalue weighted by atomic mass is 10.1. The molecule has 0 radical (unpaired) electrons. The van der Waals surface area contributed by atoms with Gasteiger partial charge in [0.1, 0.15) is 13.2 Å². The third-order valence-electron chi connectivity index (χ3n) is 11.9. The summed E-state index contributed by atoms with van der Waals surface area (Å²) in [5, 5.41) is 0. The average molecular weight is 996 g/mol. The molecule has 0 bridgehead atoms. The number of unbranched alkanes of at least 4 members (excludes halogenated alkanes) is 18. The molecule has 406 valence electrons. The quantitative estimate of drug-likeness (QED) is 0.0261. The van der Waals surface area contributed by atoms with Gasteiger partial charge in [-0.1, -0.05) is 225 Å². The Morgan fingerprint density at radius 3 is 0.875 bits per heavy atom. The number of hydrogen-bond donors (Lipinski definition) is 0. The minimum atomic E-state index is -0.806. The van der Waals surface area contributed by atoms with Gasteiger partial charge in [-0.3, -0.25) is 14.4 Å². The van der Waals surface area contributed by atoms with Gasteiger partial charge in [0.15, 0.2) is 6.10 Å². The molecule has 0 saturated carbocycles. The largest absolute Gasteiger partial charge is 0.462 e. The van der Waals surface area contributed by atoms with Gasteiger partial charge in [0.05, 0.1) is 0 Å². The lowest BCUT2D eigenvalue weighted by Gasteiger charge is -2.18.